The molecular weight excluding hydrogens is 241 g/mol. The topological polar surface area (TPSA) is 39.1 Å². The standard InChI is InChI=1S/C15H20FN3/c1-11(18-2)15-13(16)5-3-6-14(15)19(10-4-9-17)12-7-8-12/h3,5-6,11-12,18H,4,7-8,10H2,1-2H3. The lowest BCUT2D eigenvalue weighted by Gasteiger charge is -2.28. The van der Waals surface area contributed by atoms with E-state index < -0.39 is 0 Å². The zero-order valence-electron chi connectivity index (χ0n) is 11.5. The summed E-state index contributed by atoms with van der Waals surface area (Å²) in [6.07, 6.45) is 2.74. The van der Waals surface area contributed by atoms with Gasteiger partial charge in [-0.2, -0.15) is 5.26 Å². The van der Waals surface area contributed by atoms with E-state index in [0.717, 1.165) is 18.5 Å². The molecule has 0 aromatic heterocycles. The van der Waals surface area contributed by atoms with Crippen molar-refractivity contribution in [3.05, 3.63) is 29.6 Å². The normalized spacial score (nSPS) is 15.9. The van der Waals surface area contributed by atoms with Crippen molar-refractivity contribution >= 4 is 5.69 Å². The minimum absolute atomic E-state index is 0.0421. The summed E-state index contributed by atoms with van der Waals surface area (Å²) in [5.74, 6) is -0.179. The van der Waals surface area contributed by atoms with E-state index in [9.17, 15) is 4.39 Å². The molecule has 1 unspecified atom stereocenters. The molecule has 0 heterocycles. The fourth-order valence-electron chi connectivity index (χ4n) is 2.41. The summed E-state index contributed by atoms with van der Waals surface area (Å²) >= 11 is 0. The number of nitriles is 1. The van der Waals surface area contributed by atoms with Crippen molar-refractivity contribution in [2.45, 2.75) is 38.3 Å². The van der Waals surface area contributed by atoms with Crippen LogP contribution in [0.1, 0.15) is 37.8 Å². The van der Waals surface area contributed by atoms with Crippen LogP contribution in [-0.2, 0) is 0 Å². The molecule has 0 saturated heterocycles. The van der Waals surface area contributed by atoms with Gasteiger partial charge in [-0.05, 0) is 38.9 Å². The van der Waals surface area contributed by atoms with Crippen molar-refractivity contribution in [2.24, 2.45) is 0 Å². The maximum atomic E-state index is 14.1. The molecule has 2 rings (SSSR count). The lowest BCUT2D eigenvalue weighted by Crippen LogP contribution is -2.29. The Morgan fingerprint density at radius 2 is 2.26 bits per heavy atom. The van der Waals surface area contributed by atoms with Crippen molar-refractivity contribution < 1.29 is 4.39 Å². The highest BCUT2D eigenvalue weighted by Crippen LogP contribution is 2.36. The highest BCUT2D eigenvalue weighted by Gasteiger charge is 2.31. The van der Waals surface area contributed by atoms with E-state index in [1.54, 1.807) is 6.07 Å². The van der Waals surface area contributed by atoms with Gasteiger partial charge in [0.25, 0.3) is 0 Å². The first-order chi connectivity index (χ1) is 9.19. The second kappa shape index (κ2) is 6.03. The maximum Gasteiger partial charge on any atom is 0.130 e. The average molecular weight is 261 g/mol. The van der Waals surface area contributed by atoms with Crippen LogP contribution in [0.15, 0.2) is 18.2 Å². The molecule has 0 radical (unpaired) electrons. The zero-order chi connectivity index (χ0) is 13.8. The molecule has 1 aromatic carbocycles. The Hall–Kier alpha value is -1.60. The Kier molecular flexibility index (Phi) is 4.39. The molecule has 1 aliphatic rings. The molecule has 1 N–H and O–H groups in total. The van der Waals surface area contributed by atoms with Crippen LogP contribution in [0.25, 0.3) is 0 Å². The van der Waals surface area contributed by atoms with E-state index in [1.807, 2.05) is 20.0 Å². The van der Waals surface area contributed by atoms with Gasteiger partial charge < -0.3 is 10.2 Å². The van der Waals surface area contributed by atoms with Crippen LogP contribution < -0.4 is 10.2 Å². The smallest absolute Gasteiger partial charge is 0.130 e. The number of rotatable bonds is 6. The minimum atomic E-state index is -0.179. The molecule has 102 valence electrons. The largest absolute Gasteiger partial charge is 0.367 e. The summed E-state index contributed by atoms with van der Waals surface area (Å²) in [5, 5.41) is 11.9. The monoisotopic (exact) mass is 261 g/mol. The van der Waals surface area contributed by atoms with Crippen LogP contribution >= 0.6 is 0 Å². The van der Waals surface area contributed by atoms with Gasteiger partial charge in [0.05, 0.1) is 12.5 Å². The van der Waals surface area contributed by atoms with Gasteiger partial charge in [-0.1, -0.05) is 6.07 Å². The van der Waals surface area contributed by atoms with E-state index in [2.05, 4.69) is 16.3 Å². The SMILES string of the molecule is CNC(C)c1c(F)cccc1N(CCC#N)C1CC1. The second-order valence-electron chi connectivity index (χ2n) is 5.02. The molecule has 1 atom stereocenters. The third-order valence-electron chi connectivity index (χ3n) is 3.66. The first-order valence-electron chi connectivity index (χ1n) is 6.78. The van der Waals surface area contributed by atoms with Gasteiger partial charge in [0.1, 0.15) is 5.82 Å². The van der Waals surface area contributed by atoms with Gasteiger partial charge in [-0.3, -0.25) is 0 Å². The predicted octanol–water partition coefficient (Wildman–Crippen LogP) is 2.99. The summed E-state index contributed by atoms with van der Waals surface area (Å²) in [7, 11) is 1.83. The maximum absolute atomic E-state index is 14.1. The Labute approximate surface area is 114 Å². The predicted molar refractivity (Wildman–Crippen MR) is 74.5 cm³/mol. The summed E-state index contributed by atoms with van der Waals surface area (Å²) in [6.45, 7) is 2.63. The fourth-order valence-corrected chi connectivity index (χ4v) is 2.41. The number of anilines is 1. The summed E-state index contributed by atoms with van der Waals surface area (Å²) < 4.78 is 14.1. The zero-order valence-corrected chi connectivity index (χ0v) is 11.5. The van der Waals surface area contributed by atoms with Gasteiger partial charge in [-0.25, -0.2) is 4.39 Å². The van der Waals surface area contributed by atoms with Crippen LogP contribution in [0.5, 0.6) is 0 Å². The van der Waals surface area contributed by atoms with E-state index >= 15 is 0 Å². The first-order valence-corrected chi connectivity index (χ1v) is 6.78. The third kappa shape index (κ3) is 3.05. The Bertz CT molecular complexity index is 477. The highest BCUT2D eigenvalue weighted by molar-refractivity contribution is 5.57. The van der Waals surface area contributed by atoms with E-state index in [-0.39, 0.29) is 11.9 Å². The van der Waals surface area contributed by atoms with Gasteiger partial charge in [-0.15, -0.1) is 0 Å². The number of hydrogen-bond donors (Lipinski definition) is 1. The molecule has 19 heavy (non-hydrogen) atoms. The molecule has 1 aliphatic carbocycles. The van der Waals surface area contributed by atoms with Crippen molar-refractivity contribution in [3.8, 4) is 6.07 Å². The van der Waals surface area contributed by atoms with Crippen molar-refractivity contribution in [3.63, 3.8) is 0 Å². The van der Waals surface area contributed by atoms with Crippen LogP contribution in [0.2, 0.25) is 0 Å². The van der Waals surface area contributed by atoms with Gasteiger partial charge in [0, 0.05) is 29.9 Å². The molecule has 0 bridgehead atoms. The number of benzene rings is 1. The lowest BCUT2D eigenvalue weighted by molar-refractivity contribution is 0.559. The number of nitrogens with zero attached hydrogens (tertiary/aromatic N) is 2. The van der Waals surface area contributed by atoms with Gasteiger partial charge >= 0.3 is 0 Å². The highest BCUT2D eigenvalue weighted by atomic mass is 19.1. The Morgan fingerprint density at radius 1 is 1.53 bits per heavy atom. The quantitative estimate of drug-likeness (QED) is 0.855. The van der Waals surface area contributed by atoms with Crippen LogP contribution in [0.4, 0.5) is 10.1 Å². The summed E-state index contributed by atoms with van der Waals surface area (Å²) in [4.78, 5) is 2.19. The molecular formula is C15H20FN3. The fraction of sp³-hybridized carbons (Fsp3) is 0.533. The number of halogens is 1. The first kappa shape index (κ1) is 13.8. The molecule has 3 nitrogen and oxygen atoms in total. The Morgan fingerprint density at radius 3 is 2.84 bits per heavy atom. The Balaban J connectivity index is 2.35. The molecule has 0 aliphatic heterocycles. The van der Waals surface area contributed by atoms with Crippen molar-refractivity contribution in [1.29, 1.82) is 5.26 Å². The molecule has 1 aromatic rings. The third-order valence-corrected chi connectivity index (χ3v) is 3.66. The minimum Gasteiger partial charge on any atom is -0.367 e. The average Bonchev–Trinajstić information content (AvgIpc) is 3.23. The van der Waals surface area contributed by atoms with Crippen LogP contribution in [-0.4, -0.2) is 19.6 Å². The van der Waals surface area contributed by atoms with E-state index in [1.165, 1.54) is 6.07 Å². The lowest BCUT2D eigenvalue weighted by atomic mass is 10.0. The van der Waals surface area contributed by atoms with Crippen LogP contribution in [0, 0.1) is 17.1 Å². The molecule has 1 fully saturated rings. The molecule has 0 amide bonds. The molecule has 1 saturated carbocycles. The van der Waals surface area contributed by atoms with E-state index in [0.29, 0.717) is 24.6 Å². The van der Waals surface area contributed by atoms with Crippen molar-refractivity contribution in [1.82, 2.24) is 5.32 Å². The van der Waals surface area contributed by atoms with Gasteiger partial charge in [0.2, 0.25) is 0 Å². The van der Waals surface area contributed by atoms with E-state index in [4.69, 9.17) is 5.26 Å². The van der Waals surface area contributed by atoms with Crippen molar-refractivity contribution in [2.75, 3.05) is 18.5 Å². The summed E-state index contributed by atoms with van der Waals surface area (Å²) in [5.41, 5.74) is 1.63. The van der Waals surface area contributed by atoms with Gasteiger partial charge in [0.15, 0.2) is 0 Å². The number of hydrogen-bond acceptors (Lipinski definition) is 3. The summed E-state index contributed by atoms with van der Waals surface area (Å²) in [6, 6.07) is 7.82. The molecule has 0 spiro atoms. The second-order valence-corrected chi connectivity index (χ2v) is 5.02. The molecule has 4 heteroatoms. The van der Waals surface area contributed by atoms with Crippen LogP contribution in [0.3, 0.4) is 0 Å². The number of nitrogens with one attached hydrogen (secondary N) is 1.